The van der Waals surface area contributed by atoms with E-state index in [-0.39, 0.29) is 23.6 Å². The van der Waals surface area contributed by atoms with Crippen LogP contribution in [0.5, 0.6) is 0 Å². The number of halogens is 1. The van der Waals surface area contributed by atoms with Gasteiger partial charge in [-0.05, 0) is 56.6 Å². The van der Waals surface area contributed by atoms with E-state index in [2.05, 4.69) is 20.9 Å². The van der Waals surface area contributed by atoms with E-state index < -0.39 is 11.7 Å². The summed E-state index contributed by atoms with van der Waals surface area (Å²) in [5.74, 6) is -0.169. The third-order valence-corrected chi connectivity index (χ3v) is 8.77. The van der Waals surface area contributed by atoms with E-state index in [0.717, 1.165) is 51.7 Å². The van der Waals surface area contributed by atoms with Crippen molar-refractivity contribution in [2.24, 2.45) is 11.7 Å². The fourth-order valence-corrected chi connectivity index (χ4v) is 6.20. The summed E-state index contributed by atoms with van der Waals surface area (Å²) >= 11 is 0. The fourth-order valence-electron chi connectivity index (χ4n) is 6.20. The van der Waals surface area contributed by atoms with Crippen LogP contribution in [0.4, 0.5) is 4.39 Å². The van der Waals surface area contributed by atoms with Gasteiger partial charge in [-0.15, -0.1) is 0 Å². The van der Waals surface area contributed by atoms with E-state index in [1.54, 1.807) is 35.2 Å². The van der Waals surface area contributed by atoms with Crippen LogP contribution >= 0.6 is 0 Å². The lowest BCUT2D eigenvalue weighted by molar-refractivity contribution is -0.134. The molecule has 2 amide bonds. The number of piperazine rings is 2. The van der Waals surface area contributed by atoms with Gasteiger partial charge in [-0.25, -0.2) is 4.39 Å². The van der Waals surface area contributed by atoms with Crippen LogP contribution in [-0.2, 0) is 11.2 Å². The molecule has 0 radical (unpaired) electrons. The Bertz CT molecular complexity index is 1280. The highest BCUT2D eigenvalue weighted by atomic mass is 19.1. The number of aldehydes is 1. The lowest BCUT2D eigenvalue weighted by atomic mass is 9.97. The highest BCUT2D eigenvalue weighted by Crippen LogP contribution is 2.19. The maximum atomic E-state index is 14.8. The molecule has 238 valence electrons. The van der Waals surface area contributed by atoms with Crippen molar-refractivity contribution in [1.82, 2.24) is 24.9 Å². The Balaban J connectivity index is 0.00000216. The Kier molecular flexibility index (Phi) is 12.5. The van der Waals surface area contributed by atoms with Crippen LogP contribution in [-0.4, -0.2) is 129 Å². The molecule has 0 spiro atoms. The van der Waals surface area contributed by atoms with Gasteiger partial charge in [0, 0.05) is 82.2 Å². The average Bonchev–Trinajstić information content (AvgIpc) is 3.07. The third kappa shape index (κ3) is 8.78. The minimum atomic E-state index is -0.610. The van der Waals surface area contributed by atoms with Gasteiger partial charge in [-0.3, -0.25) is 19.3 Å². The first-order valence-electron chi connectivity index (χ1n) is 15.6. The Labute approximate surface area is 259 Å². The first-order chi connectivity index (χ1) is 21.4. The molecular weight excluding hydrogens is 561 g/mol. The van der Waals surface area contributed by atoms with Gasteiger partial charge in [0.2, 0.25) is 5.91 Å². The van der Waals surface area contributed by atoms with E-state index in [9.17, 15) is 18.8 Å². The quantitative estimate of drug-likeness (QED) is 0.293. The zero-order valence-corrected chi connectivity index (χ0v) is 25.8. The maximum Gasteiger partial charge on any atom is 0.256 e. The molecule has 0 aliphatic carbocycles. The van der Waals surface area contributed by atoms with E-state index in [1.807, 2.05) is 4.90 Å². The molecule has 44 heavy (non-hydrogen) atoms. The second-order valence-electron chi connectivity index (χ2n) is 11.6. The van der Waals surface area contributed by atoms with Crippen molar-refractivity contribution >= 4 is 23.8 Å². The van der Waals surface area contributed by atoms with Crippen LogP contribution in [0.2, 0.25) is 0 Å². The molecule has 11 heteroatoms. The van der Waals surface area contributed by atoms with Crippen molar-refractivity contribution in [3.05, 3.63) is 70.5 Å². The first kappa shape index (κ1) is 33.4. The average molecular weight is 608 g/mol. The van der Waals surface area contributed by atoms with Crippen molar-refractivity contribution in [3.8, 4) is 0 Å². The zero-order chi connectivity index (χ0) is 31.5. The lowest BCUT2D eigenvalue weighted by Gasteiger charge is -2.39. The van der Waals surface area contributed by atoms with Crippen LogP contribution in [0.1, 0.15) is 44.7 Å². The number of nitrogens with zero attached hydrogens (tertiary/aromatic N) is 4. The molecule has 10 nitrogen and oxygen atoms in total. The number of carbonyl (C=O) groups excluding carboxylic acids is 3. The van der Waals surface area contributed by atoms with Crippen LogP contribution in [0.15, 0.2) is 42.5 Å². The second-order valence-corrected chi connectivity index (χ2v) is 11.6. The number of hydrogen-bond donors (Lipinski definition) is 3. The Morgan fingerprint density at radius 1 is 0.909 bits per heavy atom. The van der Waals surface area contributed by atoms with E-state index >= 15 is 0 Å². The van der Waals surface area contributed by atoms with Crippen molar-refractivity contribution in [3.63, 3.8) is 0 Å². The topological polar surface area (TPSA) is 126 Å². The van der Waals surface area contributed by atoms with Crippen molar-refractivity contribution < 1.29 is 18.8 Å². The normalized spacial score (nSPS) is 18.3. The predicted octanol–water partition coefficient (Wildman–Crippen LogP) is 1.73. The minimum Gasteiger partial charge on any atom is -0.338 e. The SMILES string of the molecule is CN.N=C(Cc1ccc(F)c(C(=O)N2CCN(C(=O)CN3CCN(CC4CCNCC4)CC3)CC2)c1)c1ccccc1C=O. The van der Waals surface area contributed by atoms with Gasteiger partial charge in [-0.1, -0.05) is 30.3 Å². The van der Waals surface area contributed by atoms with Gasteiger partial charge in [0.05, 0.1) is 12.1 Å². The molecule has 3 saturated heterocycles. The highest BCUT2D eigenvalue weighted by molar-refractivity contribution is 6.05. The summed E-state index contributed by atoms with van der Waals surface area (Å²) in [6, 6.07) is 11.2. The molecule has 0 bridgehead atoms. The number of amides is 2. The Hall–Kier alpha value is -3.51. The number of carbonyl (C=O) groups is 3. The van der Waals surface area contributed by atoms with E-state index in [4.69, 9.17) is 5.41 Å². The van der Waals surface area contributed by atoms with Crippen LogP contribution in [0.25, 0.3) is 0 Å². The standard InChI is InChI=1S/C32H41FN6O3.CH5N/c33-29-6-5-25(20-30(34)27-4-2-1-3-26(27)23-40)19-28(29)32(42)39-17-15-38(16-18-39)31(41)22-37-13-11-36(12-14-37)21-24-7-9-35-10-8-24;1-2/h1-6,19,23-24,34-35H,7-18,20-22H2;2H2,1H3. The highest BCUT2D eigenvalue weighted by Gasteiger charge is 2.29. The summed E-state index contributed by atoms with van der Waals surface area (Å²) in [6.45, 7) is 9.09. The van der Waals surface area contributed by atoms with Gasteiger partial charge in [-0.2, -0.15) is 0 Å². The summed E-state index contributed by atoms with van der Waals surface area (Å²) in [5, 5.41) is 11.9. The summed E-state index contributed by atoms with van der Waals surface area (Å²) in [5.41, 5.74) is 6.24. The summed E-state index contributed by atoms with van der Waals surface area (Å²) in [4.78, 5) is 45.8. The zero-order valence-electron chi connectivity index (χ0n) is 25.8. The van der Waals surface area contributed by atoms with Gasteiger partial charge in [0.1, 0.15) is 5.82 Å². The lowest BCUT2D eigenvalue weighted by Crippen LogP contribution is -2.55. The monoisotopic (exact) mass is 607 g/mol. The molecule has 3 fully saturated rings. The molecule has 2 aromatic carbocycles. The smallest absolute Gasteiger partial charge is 0.256 e. The molecular formula is C33H46FN7O3. The van der Waals surface area contributed by atoms with Crippen LogP contribution < -0.4 is 11.1 Å². The van der Waals surface area contributed by atoms with E-state index in [1.165, 1.54) is 32.0 Å². The molecule has 0 saturated carbocycles. The maximum absolute atomic E-state index is 14.8. The fraction of sp³-hybridized carbons (Fsp3) is 0.515. The Morgan fingerprint density at radius 2 is 1.55 bits per heavy atom. The third-order valence-electron chi connectivity index (χ3n) is 8.77. The van der Waals surface area contributed by atoms with Crippen molar-refractivity contribution in [1.29, 1.82) is 5.41 Å². The number of nitrogens with two attached hydrogens (primary N) is 1. The molecule has 3 aliphatic rings. The van der Waals surface area contributed by atoms with Crippen LogP contribution in [0.3, 0.4) is 0 Å². The first-order valence-corrected chi connectivity index (χ1v) is 15.6. The van der Waals surface area contributed by atoms with Gasteiger partial charge in [0.15, 0.2) is 6.29 Å². The molecule has 4 N–H and O–H groups in total. The molecule has 3 heterocycles. The molecule has 0 unspecified atom stereocenters. The summed E-state index contributed by atoms with van der Waals surface area (Å²) in [7, 11) is 1.50. The predicted molar refractivity (Wildman–Crippen MR) is 170 cm³/mol. The van der Waals surface area contributed by atoms with Gasteiger partial charge >= 0.3 is 0 Å². The number of hydrogen-bond acceptors (Lipinski definition) is 8. The number of rotatable bonds is 9. The minimum absolute atomic E-state index is 0.0360. The van der Waals surface area contributed by atoms with Gasteiger partial charge in [0.25, 0.3) is 5.91 Å². The summed E-state index contributed by atoms with van der Waals surface area (Å²) < 4.78 is 14.8. The number of nitrogens with one attached hydrogen (secondary N) is 2. The van der Waals surface area contributed by atoms with E-state index in [0.29, 0.717) is 55.7 Å². The number of piperidine rings is 1. The molecule has 5 rings (SSSR count). The molecule has 0 aromatic heterocycles. The number of benzene rings is 2. The second kappa shape index (κ2) is 16.5. The molecule has 2 aromatic rings. The van der Waals surface area contributed by atoms with Gasteiger partial charge < -0.3 is 31.2 Å². The molecule has 3 aliphatic heterocycles. The Morgan fingerprint density at radius 3 is 2.23 bits per heavy atom. The largest absolute Gasteiger partial charge is 0.338 e. The van der Waals surface area contributed by atoms with Crippen molar-refractivity contribution in [2.45, 2.75) is 19.3 Å². The van der Waals surface area contributed by atoms with Crippen LogP contribution in [0, 0.1) is 17.1 Å². The molecule has 0 atom stereocenters. The van der Waals surface area contributed by atoms with Crippen molar-refractivity contribution in [2.75, 3.05) is 85.6 Å². The summed E-state index contributed by atoms with van der Waals surface area (Å²) in [6.07, 6.45) is 3.37.